The summed E-state index contributed by atoms with van der Waals surface area (Å²) in [7, 11) is 0. The fraction of sp³-hybridized carbons (Fsp3) is 0.667. The fourth-order valence-electron chi connectivity index (χ4n) is 3.48. The van der Waals surface area contributed by atoms with Gasteiger partial charge in [-0.15, -0.1) is 0 Å². The molecule has 3 heterocycles. The van der Waals surface area contributed by atoms with Gasteiger partial charge < -0.3 is 29.6 Å². The lowest BCUT2D eigenvalue weighted by Gasteiger charge is -2.35. The van der Waals surface area contributed by atoms with Crippen LogP contribution < -0.4 is 14.5 Å². The molecule has 0 bridgehead atoms. The molecule has 2 aliphatic heterocycles. The summed E-state index contributed by atoms with van der Waals surface area (Å²) in [6, 6.07) is 0. The number of ether oxygens (including phenoxy) is 1. The quantitative estimate of drug-likeness (QED) is 0.301. The van der Waals surface area contributed by atoms with Crippen LogP contribution in [0.15, 0.2) is 0 Å². The third-order valence-electron chi connectivity index (χ3n) is 5.07. The van der Waals surface area contributed by atoms with Crippen molar-refractivity contribution in [2.75, 3.05) is 60.6 Å². The minimum atomic E-state index is -1.30. The summed E-state index contributed by atoms with van der Waals surface area (Å²) in [4.78, 5) is 48.0. The molecule has 1 aromatic rings. The van der Waals surface area contributed by atoms with E-state index in [0.717, 1.165) is 11.5 Å². The van der Waals surface area contributed by atoms with Crippen LogP contribution in [0.3, 0.4) is 0 Å². The van der Waals surface area contributed by atoms with Crippen molar-refractivity contribution in [3.63, 3.8) is 0 Å². The normalized spacial score (nSPS) is 17.8. The van der Waals surface area contributed by atoms with Crippen LogP contribution in [0, 0.1) is 10.1 Å². The molecular formula is C18H26N6O7S. The van der Waals surface area contributed by atoms with E-state index >= 15 is 0 Å². The van der Waals surface area contributed by atoms with Crippen LogP contribution in [-0.2, 0) is 9.59 Å². The van der Waals surface area contributed by atoms with Gasteiger partial charge in [-0.05, 0) is 6.92 Å². The second-order valence-corrected chi connectivity index (χ2v) is 8.56. The first kappa shape index (κ1) is 23.8. The predicted octanol–water partition coefficient (Wildman–Crippen LogP) is 0.169. The number of anilines is 2. The van der Waals surface area contributed by atoms with E-state index in [9.17, 15) is 24.8 Å². The summed E-state index contributed by atoms with van der Waals surface area (Å²) in [6.07, 6.45) is -1.58. The summed E-state index contributed by atoms with van der Waals surface area (Å²) in [5, 5.41) is 30.2. The number of hydrogen-bond donors (Lipinski definition) is 2. The standard InChI is InChI=1S/C18H26N6O7S/c1-12(25)31-17-15(24(29)30)16(22-8-10-32-11-9-22)19-18(20-17)23-6-4-21(5-7-23)13(26)2-3-14(27)28/h12,25H,2-11H2,1H3,(H,27,28). The van der Waals surface area contributed by atoms with E-state index in [-0.39, 0.29) is 42.1 Å². The summed E-state index contributed by atoms with van der Waals surface area (Å²) in [6.45, 7) is 3.95. The van der Waals surface area contributed by atoms with E-state index in [4.69, 9.17) is 9.84 Å². The molecule has 0 saturated carbocycles. The number of carboxylic acid groups (broad SMARTS) is 1. The van der Waals surface area contributed by atoms with Crippen molar-refractivity contribution in [3.8, 4) is 5.88 Å². The first-order valence-electron chi connectivity index (χ1n) is 10.2. The van der Waals surface area contributed by atoms with Crippen molar-refractivity contribution < 1.29 is 29.5 Å². The number of aromatic nitrogens is 2. The Bertz CT molecular complexity index is 856. The Morgan fingerprint density at radius 3 is 2.34 bits per heavy atom. The third kappa shape index (κ3) is 5.88. The van der Waals surface area contributed by atoms with Crippen molar-refractivity contribution in [1.82, 2.24) is 14.9 Å². The minimum Gasteiger partial charge on any atom is -0.481 e. The highest BCUT2D eigenvalue weighted by atomic mass is 32.2. The number of carbonyl (C=O) groups is 2. The van der Waals surface area contributed by atoms with E-state index in [1.807, 2.05) is 4.90 Å². The lowest BCUT2D eigenvalue weighted by atomic mass is 10.2. The van der Waals surface area contributed by atoms with Gasteiger partial charge in [0.25, 0.3) is 0 Å². The first-order chi connectivity index (χ1) is 15.3. The lowest BCUT2D eigenvalue weighted by Crippen LogP contribution is -2.49. The zero-order valence-electron chi connectivity index (χ0n) is 17.7. The second-order valence-electron chi connectivity index (χ2n) is 7.34. The molecule has 2 fully saturated rings. The molecule has 0 spiro atoms. The molecule has 0 radical (unpaired) electrons. The van der Waals surface area contributed by atoms with Crippen LogP contribution in [0.4, 0.5) is 17.5 Å². The average molecular weight is 471 g/mol. The Morgan fingerprint density at radius 1 is 1.12 bits per heavy atom. The first-order valence-corrected chi connectivity index (χ1v) is 11.4. The monoisotopic (exact) mass is 470 g/mol. The van der Waals surface area contributed by atoms with Crippen LogP contribution in [0.1, 0.15) is 19.8 Å². The number of nitro groups is 1. The Balaban J connectivity index is 1.84. The molecule has 2 aliphatic rings. The maximum atomic E-state index is 12.2. The largest absolute Gasteiger partial charge is 0.481 e. The molecular weight excluding hydrogens is 444 g/mol. The Kier molecular flexibility index (Phi) is 7.90. The van der Waals surface area contributed by atoms with E-state index in [1.165, 1.54) is 6.92 Å². The number of amides is 1. The number of aliphatic hydroxyl groups is 1. The second kappa shape index (κ2) is 10.6. The highest BCUT2D eigenvalue weighted by molar-refractivity contribution is 7.99. The van der Waals surface area contributed by atoms with Crippen molar-refractivity contribution in [2.24, 2.45) is 0 Å². The SMILES string of the molecule is CC(O)Oc1nc(N2CCN(C(=O)CCC(=O)O)CC2)nc(N2CCSCC2)c1[N+](=O)[O-]. The van der Waals surface area contributed by atoms with E-state index in [1.54, 1.807) is 21.6 Å². The molecule has 176 valence electrons. The lowest BCUT2D eigenvalue weighted by molar-refractivity contribution is -0.386. The van der Waals surface area contributed by atoms with Gasteiger partial charge in [0.05, 0.1) is 11.3 Å². The van der Waals surface area contributed by atoms with Crippen molar-refractivity contribution >= 4 is 41.1 Å². The number of hydrogen-bond acceptors (Lipinski definition) is 11. The number of aliphatic hydroxyl groups excluding tert-OH is 1. The number of carboxylic acids is 1. The Labute approximate surface area is 188 Å². The summed E-state index contributed by atoms with van der Waals surface area (Å²) in [5.74, 6) is 0.420. The fourth-order valence-corrected chi connectivity index (χ4v) is 4.38. The number of thioether (sulfide) groups is 1. The van der Waals surface area contributed by atoms with Gasteiger partial charge in [-0.1, -0.05) is 0 Å². The van der Waals surface area contributed by atoms with Gasteiger partial charge in [0, 0.05) is 57.2 Å². The van der Waals surface area contributed by atoms with E-state index < -0.39 is 17.2 Å². The van der Waals surface area contributed by atoms with Crippen LogP contribution in [0.2, 0.25) is 0 Å². The molecule has 13 nitrogen and oxygen atoms in total. The molecule has 0 aliphatic carbocycles. The minimum absolute atomic E-state index is 0.0626. The molecule has 14 heteroatoms. The van der Waals surface area contributed by atoms with Crippen LogP contribution in [-0.4, -0.2) is 98.9 Å². The number of carbonyl (C=O) groups excluding carboxylic acids is 1. The van der Waals surface area contributed by atoms with Crippen LogP contribution in [0.5, 0.6) is 5.88 Å². The van der Waals surface area contributed by atoms with Gasteiger partial charge in [0.2, 0.25) is 17.7 Å². The smallest absolute Gasteiger partial charge is 0.373 e. The van der Waals surface area contributed by atoms with Gasteiger partial charge in [-0.25, -0.2) is 0 Å². The average Bonchev–Trinajstić information content (AvgIpc) is 2.77. The molecule has 32 heavy (non-hydrogen) atoms. The van der Waals surface area contributed by atoms with Gasteiger partial charge in [0.15, 0.2) is 6.29 Å². The maximum Gasteiger partial charge on any atom is 0.373 e. The summed E-state index contributed by atoms with van der Waals surface area (Å²) in [5.41, 5.74) is -0.385. The molecule has 2 saturated heterocycles. The molecule has 1 aromatic heterocycles. The zero-order chi connectivity index (χ0) is 23.3. The highest BCUT2D eigenvalue weighted by Crippen LogP contribution is 2.37. The zero-order valence-corrected chi connectivity index (χ0v) is 18.5. The molecule has 1 atom stereocenters. The van der Waals surface area contributed by atoms with Crippen molar-refractivity contribution in [3.05, 3.63) is 10.1 Å². The number of nitrogens with zero attached hydrogens (tertiary/aromatic N) is 6. The predicted molar refractivity (Wildman–Crippen MR) is 116 cm³/mol. The molecule has 1 unspecified atom stereocenters. The molecule has 3 rings (SSSR count). The van der Waals surface area contributed by atoms with E-state index in [0.29, 0.717) is 39.3 Å². The number of piperazine rings is 1. The van der Waals surface area contributed by atoms with E-state index in [2.05, 4.69) is 9.97 Å². The highest BCUT2D eigenvalue weighted by Gasteiger charge is 2.33. The van der Waals surface area contributed by atoms with Gasteiger partial charge in [-0.3, -0.25) is 19.7 Å². The van der Waals surface area contributed by atoms with Gasteiger partial charge in [0.1, 0.15) is 0 Å². The molecule has 0 aromatic carbocycles. The molecule has 1 amide bonds. The third-order valence-corrected chi connectivity index (χ3v) is 6.01. The van der Waals surface area contributed by atoms with Crippen molar-refractivity contribution in [1.29, 1.82) is 0 Å². The van der Waals surface area contributed by atoms with Crippen LogP contribution >= 0.6 is 11.8 Å². The maximum absolute atomic E-state index is 12.2. The number of aliphatic carboxylic acids is 1. The van der Waals surface area contributed by atoms with Crippen molar-refractivity contribution in [2.45, 2.75) is 26.1 Å². The van der Waals surface area contributed by atoms with Gasteiger partial charge in [-0.2, -0.15) is 21.7 Å². The van der Waals surface area contributed by atoms with Crippen LogP contribution in [0.25, 0.3) is 0 Å². The topological polar surface area (TPSA) is 162 Å². The Hall–Kier alpha value is -2.87. The van der Waals surface area contributed by atoms with Gasteiger partial charge >= 0.3 is 17.5 Å². The summed E-state index contributed by atoms with van der Waals surface area (Å²) < 4.78 is 5.27. The number of rotatable bonds is 8. The Morgan fingerprint density at radius 2 is 1.78 bits per heavy atom. The summed E-state index contributed by atoms with van der Waals surface area (Å²) >= 11 is 1.75. The molecule has 2 N–H and O–H groups in total.